The molecule has 0 bridgehead atoms. The van der Waals surface area contributed by atoms with Gasteiger partial charge < -0.3 is 14.4 Å². The van der Waals surface area contributed by atoms with E-state index in [1.807, 2.05) is 0 Å². The summed E-state index contributed by atoms with van der Waals surface area (Å²) in [5.74, 6) is 1.77. The number of pyridine rings is 1. The highest BCUT2D eigenvalue weighted by Gasteiger charge is 2.15. The molecule has 0 amide bonds. The van der Waals surface area contributed by atoms with Gasteiger partial charge in [-0.25, -0.2) is 4.98 Å². The zero-order valence-corrected chi connectivity index (χ0v) is 28.2. The SMILES string of the molecule is CCCCCCCCOc1ccccc1-c1cc(-c2ccc(N(C)C)cc2)cc(-c2ccccc2OCCCCCCCC)n1. The lowest BCUT2D eigenvalue weighted by Gasteiger charge is -2.16. The van der Waals surface area contributed by atoms with Crippen molar-refractivity contribution in [2.45, 2.75) is 90.9 Å². The minimum atomic E-state index is 0.719. The van der Waals surface area contributed by atoms with Gasteiger partial charge in [0.05, 0.1) is 24.6 Å². The molecule has 4 nitrogen and oxygen atoms in total. The van der Waals surface area contributed by atoms with Gasteiger partial charge in [0.25, 0.3) is 0 Å². The molecule has 0 saturated carbocycles. The van der Waals surface area contributed by atoms with Crippen molar-refractivity contribution in [1.29, 1.82) is 0 Å². The third-order valence-electron chi connectivity index (χ3n) is 8.38. The summed E-state index contributed by atoms with van der Waals surface area (Å²) in [4.78, 5) is 7.38. The van der Waals surface area contributed by atoms with Crippen LogP contribution in [0.15, 0.2) is 84.9 Å². The topological polar surface area (TPSA) is 34.6 Å². The van der Waals surface area contributed by atoms with Crippen LogP contribution in [0.1, 0.15) is 90.9 Å². The van der Waals surface area contributed by atoms with E-state index in [4.69, 9.17) is 14.5 Å². The van der Waals surface area contributed by atoms with E-state index in [1.165, 1.54) is 69.9 Å². The van der Waals surface area contributed by atoms with Crippen molar-refractivity contribution in [3.05, 3.63) is 84.9 Å². The zero-order valence-electron chi connectivity index (χ0n) is 28.2. The van der Waals surface area contributed by atoms with Crippen LogP contribution in [0.2, 0.25) is 0 Å². The molecule has 0 N–H and O–H groups in total. The fraction of sp³-hybridized carbons (Fsp3) is 0.439. The first-order chi connectivity index (χ1) is 22.1. The summed E-state index contributed by atoms with van der Waals surface area (Å²) in [6.07, 6.45) is 14.9. The van der Waals surface area contributed by atoms with Crippen molar-refractivity contribution in [2.75, 3.05) is 32.2 Å². The quantitative estimate of drug-likeness (QED) is 0.0937. The van der Waals surface area contributed by atoms with Gasteiger partial charge in [0.2, 0.25) is 0 Å². The molecule has 0 radical (unpaired) electrons. The number of ether oxygens (including phenoxy) is 2. The molecule has 0 fully saturated rings. The lowest BCUT2D eigenvalue weighted by molar-refractivity contribution is 0.305. The first kappa shape index (κ1) is 34.1. The van der Waals surface area contributed by atoms with Gasteiger partial charge in [-0.05, 0) is 72.5 Å². The van der Waals surface area contributed by atoms with Gasteiger partial charge in [0.1, 0.15) is 11.5 Å². The van der Waals surface area contributed by atoms with Gasteiger partial charge in [0, 0.05) is 30.9 Å². The second kappa shape index (κ2) is 18.9. The molecule has 0 aliphatic heterocycles. The number of hydrogen-bond donors (Lipinski definition) is 0. The molecule has 0 atom stereocenters. The summed E-state index contributed by atoms with van der Waals surface area (Å²) in [5.41, 5.74) is 7.30. The molecule has 0 saturated heterocycles. The van der Waals surface area contributed by atoms with Crippen molar-refractivity contribution in [2.24, 2.45) is 0 Å². The van der Waals surface area contributed by atoms with E-state index in [9.17, 15) is 0 Å². The largest absolute Gasteiger partial charge is 0.493 e. The van der Waals surface area contributed by atoms with Crippen LogP contribution in [0.4, 0.5) is 5.69 Å². The lowest BCUT2D eigenvalue weighted by Crippen LogP contribution is -2.07. The number of unbranched alkanes of at least 4 members (excludes halogenated alkanes) is 10. The van der Waals surface area contributed by atoms with Crippen LogP contribution in [-0.4, -0.2) is 32.3 Å². The van der Waals surface area contributed by atoms with Crippen LogP contribution in [0, 0.1) is 0 Å². The van der Waals surface area contributed by atoms with Crippen LogP contribution < -0.4 is 14.4 Å². The van der Waals surface area contributed by atoms with Crippen LogP contribution in [0.5, 0.6) is 11.5 Å². The van der Waals surface area contributed by atoms with Crippen molar-refractivity contribution >= 4 is 5.69 Å². The third kappa shape index (κ3) is 10.7. The van der Waals surface area contributed by atoms with E-state index in [0.717, 1.165) is 71.2 Å². The Balaban J connectivity index is 1.62. The molecule has 45 heavy (non-hydrogen) atoms. The zero-order chi connectivity index (χ0) is 31.7. The van der Waals surface area contributed by atoms with E-state index in [2.05, 4.69) is 118 Å². The second-order valence-corrected chi connectivity index (χ2v) is 12.3. The molecule has 1 aromatic heterocycles. The average Bonchev–Trinajstić information content (AvgIpc) is 3.07. The fourth-order valence-corrected chi connectivity index (χ4v) is 5.66. The molecule has 4 rings (SSSR count). The normalized spacial score (nSPS) is 11.0. The van der Waals surface area contributed by atoms with Crippen LogP contribution in [-0.2, 0) is 0 Å². The summed E-state index contributed by atoms with van der Waals surface area (Å²) in [6, 6.07) is 29.8. The summed E-state index contributed by atoms with van der Waals surface area (Å²) in [7, 11) is 4.14. The Bertz CT molecular complexity index is 1330. The second-order valence-electron chi connectivity index (χ2n) is 12.3. The Kier molecular flexibility index (Phi) is 14.3. The minimum Gasteiger partial charge on any atom is -0.493 e. The Morgan fingerprint density at radius 1 is 0.511 bits per heavy atom. The van der Waals surface area contributed by atoms with Crippen LogP contribution in [0.3, 0.4) is 0 Å². The van der Waals surface area contributed by atoms with Gasteiger partial charge in [0.15, 0.2) is 0 Å². The van der Waals surface area contributed by atoms with Gasteiger partial charge in [-0.3, -0.25) is 0 Å². The number of hydrogen-bond acceptors (Lipinski definition) is 4. The monoisotopic (exact) mass is 606 g/mol. The molecule has 4 aromatic rings. The van der Waals surface area contributed by atoms with E-state index in [1.54, 1.807) is 0 Å². The van der Waals surface area contributed by atoms with Gasteiger partial charge >= 0.3 is 0 Å². The molecular weight excluding hydrogens is 552 g/mol. The molecule has 240 valence electrons. The number of anilines is 1. The van der Waals surface area contributed by atoms with Gasteiger partial charge in [-0.2, -0.15) is 0 Å². The van der Waals surface area contributed by atoms with E-state index in [-0.39, 0.29) is 0 Å². The maximum Gasteiger partial charge on any atom is 0.128 e. The fourth-order valence-electron chi connectivity index (χ4n) is 5.66. The molecule has 1 heterocycles. The Morgan fingerprint density at radius 3 is 1.42 bits per heavy atom. The minimum absolute atomic E-state index is 0.719. The number of benzene rings is 3. The van der Waals surface area contributed by atoms with Crippen molar-refractivity contribution in [3.63, 3.8) is 0 Å². The average molecular weight is 607 g/mol. The molecule has 3 aromatic carbocycles. The number of aromatic nitrogens is 1. The Morgan fingerprint density at radius 2 is 0.956 bits per heavy atom. The predicted molar refractivity (Wildman–Crippen MR) is 193 cm³/mol. The third-order valence-corrected chi connectivity index (χ3v) is 8.38. The van der Waals surface area contributed by atoms with Crippen LogP contribution in [0.25, 0.3) is 33.6 Å². The smallest absolute Gasteiger partial charge is 0.128 e. The molecule has 0 aliphatic rings. The number of para-hydroxylation sites is 2. The van der Waals surface area contributed by atoms with Gasteiger partial charge in [-0.1, -0.05) is 114 Å². The highest BCUT2D eigenvalue weighted by atomic mass is 16.5. The summed E-state index contributed by atoms with van der Waals surface area (Å²) in [6.45, 7) is 5.96. The lowest BCUT2D eigenvalue weighted by atomic mass is 9.99. The van der Waals surface area contributed by atoms with Gasteiger partial charge in [-0.15, -0.1) is 0 Å². The van der Waals surface area contributed by atoms with E-state index < -0.39 is 0 Å². The molecule has 4 heteroatoms. The van der Waals surface area contributed by atoms with Crippen molar-refractivity contribution < 1.29 is 9.47 Å². The molecular formula is C41H54N2O2. The van der Waals surface area contributed by atoms with E-state index >= 15 is 0 Å². The molecule has 0 unspecified atom stereocenters. The summed E-state index contributed by atoms with van der Waals surface area (Å²) in [5, 5.41) is 0. The van der Waals surface area contributed by atoms with Crippen LogP contribution >= 0.6 is 0 Å². The number of rotatable bonds is 20. The summed E-state index contributed by atoms with van der Waals surface area (Å²) < 4.78 is 12.8. The van der Waals surface area contributed by atoms with Crippen molar-refractivity contribution in [1.82, 2.24) is 4.98 Å². The highest BCUT2D eigenvalue weighted by Crippen LogP contribution is 2.37. The highest BCUT2D eigenvalue weighted by molar-refractivity contribution is 5.80. The molecule has 0 aliphatic carbocycles. The first-order valence-corrected chi connectivity index (χ1v) is 17.3. The Labute approximate surface area is 272 Å². The summed E-state index contributed by atoms with van der Waals surface area (Å²) >= 11 is 0. The van der Waals surface area contributed by atoms with E-state index in [0.29, 0.717) is 0 Å². The predicted octanol–water partition coefficient (Wildman–Crippen LogP) is 11.6. The Hall–Kier alpha value is -3.79. The number of nitrogens with zero attached hydrogens (tertiary/aromatic N) is 2. The first-order valence-electron chi connectivity index (χ1n) is 17.3. The maximum atomic E-state index is 6.39. The maximum absolute atomic E-state index is 6.39. The standard InChI is InChI=1S/C41H54N2O2/c1-5-7-9-11-13-19-29-44-40-23-17-15-21-36(40)38-31-34(33-25-27-35(28-26-33)43(3)4)32-39(42-38)37-22-16-18-24-41(37)45-30-20-14-12-10-8-6-2/h15-18,21-28,31-32H,5-14,19-20,29-30H2,1-4H3. The van der Waals surface area contributed by atoms with Crippen molar-refractivity contribution in [3.8, 4) is 45.1 Å². The molecule has 0 spiro atoms.